The normalized spacial score (nSPS) is 10.5. The fourth-order valence-electron chi connectivity index (χ4n) is 1.83. The van der Waals surface area contributed by atoms with E-state index in [9.17, 15) is 18.8 Å². The van der Waals surface area contributed by atoms with Crippen molar-refractivity contribution < 1.29 is 23.6 Å². The zero-order valence-corrected chi connectivity index (χ0v) is 12.0. The lowest BCUT2D eigenvalue weighted by atomic mass is 9.77. The number of ether oxygens (including phenoxy) is 1. The predicted octanol–water partition coefficient (Wildman–Crippen LogP) is 1.95. The largest absolute Gasteiger partial charge is 0.497 e. The van der Waals surface area contributed by atoms with Crippen molar-refractivity contribution in [3.63, 3.8) is 0 Å². The average Bonchev–Trinajstić information content (AvgIpc) is 2.47. The van der Waals surface area contributed by atoms with E-state index in [1.165, 1.54) is 13.2 Å². The van der Waals surface area contributed by atoms with Crippen molar-refractivity contribution in [2.75, 3.05) is 7.11 Å². The van der Waals surface area contributed by atoms with Gasteiger partial charge < -0.3 is 14.8 Å². The van der Waals surface area contributed by atoms with E-state index in [0.717, 1.165) is 30.0 Å². The van der Waals surface area contributed by atoms with E-state index in [1.807, 2.05) is 0 Å². The summed E-state index contributed by atoms with van der Waals surface area (Å²) in [4.78, 5) is 0.163. The maximum atomic E-state index is 13.6. The van der Waals surface area contributed by atoms with Crippen LogP contribution in [0.2, 0.25) is 0 Å². The number of rotatable bonds is 5. The number of hydrogen-bond acceptors (Lipinski definition) is 4. The number of hydrogen-bond donors (Lipinski definition) is 2. The molecule has 0 saturated carbocycles. The van der Waals surface area contributed by atoms with Gasteiger partial charge >= 0.3 is 7.12 Å². The number of benzene rings is 2. The summed E-state index contributed by atoms with van der Waals surface area (Å²) in [5.74, 6) is -0.234. The molecular weight excluding hydrogens is 297 g/mol. The molecule has 0 bridgehead atoms. The second kappa shape index (κ2) is 6.93. The van der Waals surface area contributed by atoms with Crippen LogP contribution >= 0.6 is 11.8 Å². The smallest absolute Gasteiger partial charge is 0.488 e. The highest BCUT2D eigenvalue weighted by Crippen LogP contribution is 2.27. The van der Waals surface area contributed by atoms with Gasteiger partial charge in [0.15, 0.2) is 0 Å². The van der Waals surface area contributed by atoms with E-state index in [2.05, 4.69) is 0 Å². The number of halogens is 2. The van der Waals surface area contributed by atoms with Gasteiger partial charge in [-0.05, 0) is 41.4 Å². The zero-order chi connectivity index (χ0) is 15.4. The Kier molecular flexibility index (Phi) is 5.22. The second-order valence-electron chi connectivity index (χ2n) is 4.30. The molecule has 2 rings (SSSR count). The van der Waals surface area contributed by atoms with Crippen LogP contribution in [0.5, 0.6) is 5.75 Å². The molecule has 0 radical (unpaired) electrons. The summed E-state index contributed by atoms with van der Waals surface area (Å²) < 4.78 is 31.8. The molecule has 0 atom stereocenters. The third-order valence-electron chi connectivity index (χ3n) is 2.90. The van der Waals surface area contributed by atoms with Gasteiger partial charge in [-0.1, -0.05) is 6.07 Å². The van der Waals surface area contributed by atoms with E-state index in [4.69, 9.17) is 4.74 Å². The minimum absolute atomic E-state index is 0.163. The van der Waals surface area contributed by atoms with Gasteiger partial charge in [-0.15, -0.1) is 11.8 Å². The van der Waals surface area contributed by atoms with Crippen LogP contribution in [-0.4, -0.2) is 24.3 Å². The maximum absolute atomic E-state index is 13.6. The molecule has 0 aliphatic carbocycles. The van der Waals surface area contributed by atoms with E-state index in [-0.39, 0.29) is 10.6 Å². The van der Waals surface area contributed by atoms with E-state index >= 15 is 0 Å². The summed E-state index contributed by atoms with van der Waals surface area (Å²) in [5, 5.41) is 18.7. The molecule has 21 heavy (non-hydrogen) atoms. The fraction of sp³-hybridized carbons (Fsp3) is 0.143. The van der Waals surface area contributed by atoms with Gasteiger partial charge in [0.2, 0.25) is 0 Å². The van der Waals surface area contributed by atoms with Gasteiger partial charge in [0.1, 0.15) is 17.4 Å². The van der Waals surface area contributed by atoms with Crippen LogP contribution < -0.4 is 10.2 Å². The molecule has 2 aromatic rings. The monoisotopic (exact) mass is 310 g/mol. The van der Waals surface area contributed by atoms with Crippen LogP contribution in [0.25, 0.3) is 0 Å². The van der Waals surface area contributed by atoms with E-state index in [1.54, 1.807) is 12.1 Å². The summed E-state index contributed by atoms with van der Waals surface area (Å²) in [6.07, 6.45) is 0. The predicted molar refractivity (Wildman–Crippen MR) is 78.7 cm³/mol. The van der Waals surface area contributed by atoms with Gasteiger partial charge in [0.05, 0.1) is 7.11 Å². The van der Waals surface area contributed by atoms with Gasteiger partial charge in [-0.25, -0.2) is 8.78 Å². The Hall–Kier alpha value is -1.57. The highest BCUT2D eigenvalue weighted by atomic mass is 32.2. The quantitative estimate of drug-likeness (QED) is 0.655. The minimum Gasteiger partial charge on any atom is -0.497 e. The molecule has 0 saturated heterocycles. The van der Waals surface area contributed by atoms with Gasteiger partial charge in [-0.3, -0.25) is 0 Å². The molecule has 2 N–H and O–H groups in total. The summed E-state index contributed by atoms with van der Waals surface area (Å²) in [5.41, 5.74) is 0.887. The molecule has 0 aromatic heterocycles. The fourth-order valence-corrected chi connectivity index (χ4v) is 2.79. The molecule has 0 aliphatic rings. The van der Waals surface area contributed by atoms with Crippen LogP contribution in [0, 0.1) is 11.6 Å². The summed E-state index contributed by atoms with van der Waals surface area (Å²) in [6.45, 7) is 0. The number of thioether (sulfide) groups is 1. The van der Waals surface area contributed by atoms with E-state index in [0.29, 0.717) is 16.8 Å². The van der Waals surface area contributed by atoms with Crippen molar-refractivity contribution in [1.82, 2.24) is 0 Å². The van der Waals surface area contributed by atoms with Crippen LogP contribution in [0.1, 0.15) is 5.56 Å². The molecule has 7 heteroatoms. The van der Waals surface area contributed by atoms with Crippen molar-refractivity contribution in [2.24, 2.45) is 0 Å². The lowest BCUT2D eigenvalue weighted by Gasteiger charge is -2.11. The van der Waals surface area contributed by atoms with Crippen molar-refractivity contribution in [3.05, 3.63) is 53.6 Å². The van der Waals surface area contributed by atoms with Crippen LogP contribution in [0.3, 0.4) is 0 Å². The molecule has 0 amide bonds. The lowest BCUT2D eigenvalue weighted by Crippen LogP contribution is -2.32. The lowest BCUT2D eigenvalue weighted by molar-refractivity contribution is 0.413. The van der Waals surface area contributed by atoms with Gasteiger partial charge in [-0.2, -0.15) is 0 Å². The van der Waals surface area contributed by atoms with E-state index < -0.39 is 18.8 Å². The van der Waals surface area contributed by atoms with Crippen LogP contribution in [0.4, 0.5) is 8.78 Å². The SMILES string of the molecule is COc1ccc(B(O)O)c(CSc2cc(F)ccc2F)c1. The first-order chi connectivity index (χ1) is 10.0. The summed E-state index contributed by atoms with van der Waals surface area (Å²) in [6, 6.07) is 7.99. The Bertz CT molecular complexity index is 638. The third-order valence-corrected chi connectivity index (χ3v) is 3.98. The topological polar surface area (TPSA) is 49.7 Å². The molecule has 0 unspecified atom stereocenters. The van der Waals surface area contributed by atoms with Crippen molar-refractivity contribution in [1.29, 1.82) is 0 Å². The second-order valence-corrected chi connectivity index (χ2v) is 5.32. The van der Waals surface area contributed by atoms with Gasteiger partial charge in [0.25, 0.3) is 0 Å². The first-order valence-corrected chi connectivity index (χ1v) is 7.10. The Balaban J connectivity index is 2.24. The molecule has 0 spiro atoms. The van der Waals surface area contributed by atoms with Crippen LogP contribution in [-0.2, 0) is 5.75 Å². The standard InChI is InChI=1S/C14H13BF2O3S/c1-20-11-3-4-12(15(18)19)9(6-11)8-21-14-7-10(16)2-5-13(14)17/h2-7,18-19H,8H2,1H3. The number of methoxy groups -OCH3 is 1. The van der Waals surface area contributed by atoms with Crippen molar-refractivity contribution >= 4 is 24.3 Å². The summed E-state index contributed by atoms with van der Waals surface area (Å²) >= 11 is 1.07. The third kappa shape index (κ3) is 3.97. The molecule has 110 valence electrons. The first-order valence-electron chi connectivity index (χ1n) is 6.12. The maximum Gasteiger partial charge on any atom is 0.488 e. The zero-order valence-electron chi connectivity index (χ0n) is 11.2. The Morgan fingerprint density at radius 2 is 1.90 bits per heavy atom. The Morgan fingerprint density at radius 3 is 2.57 bits per heavy atom. The van der Waals surface area contributed by atoms with Gasteiger partial charge in [0, 0.05) is 10.6 Å². The first kappa shape index (κ1) is 15.8. The highest BCUT2D eigenvalue weighted by molar-refractivity contribution is 7.98. The molecule has 3 nitrogen and oxygen atoms in total. The van der Waals surface area contributed by atoms with Crippen LogP contribution in [0.15, 0.2) is 41.3 Å². The molecule has 0 heterocycles. The average molecular weight is 310 g/mol. The minimum atomic E-state index is -1.64. The van der Waals surface area contributed by atoms with Crippen molar-refractivity contribution in [3.8, 4) is 5.75 Å². The highest BCUT2D eigenvalue weighted by Gasteiger charge is 2.17. The molecular formula is C14H13BF2O3S. The molecule has 0 fully saturated rings. The van der Waals surface area contributed by atoms with Crippen molar-refractivity contribution in [2.45, 2.75) is 10.6 Å². The molecule has 0 aliphatic heterocycles. The Morgan fingerprint density at radius 1 is 1.14 bits per heavy atom. The molecule has 2 aromatic carbocycles. The summed E-state index contributed by atoms with van der Waals surface area (Å²) in [7, 11) is -0.142. The Labute approximate surface area is 125 Å².